The summed E-state index contributed by atoms with van der Waals surface area (Å²) in [7, 11) is 0. The third kappa shape index (κ3) is 1.61. The summed E-state index contributed by atoms with van der Waals surface area (Å²) < 4.78 is 0. The van der Waals surface area contributed by atoms with E-state index in [-0.39, 0.29) is 0 Å². The Labute approximate surface area is 108 Å². The van der Waals surface area contributed by atoms with Crippen molar-refractivity contribution in [2.24, 2.45) is 0 Å². The Bertz CT molecular complexity index is 623. The molecule has 2 aromatic rings. The van der Waals surface area contributed by atoms with E-state index >= 15 is 0 Å². The van der Waals surface area contributed by atoms with Crippen LogP contribution in [0.3, 0.4) is 0 Å². The van der Waals surface area contributed by atoms with Gasteiger partial charge < -0.3 is 4.79 Å². The Morgan fingerprint density at radius 2 is 2.06 bits per heavy atom. The molecule has 17 heavy (non-hydrogen) atoms. The van der Waals surface area contributed by atoms with Gasteiger partial charge in [-0.25, -0.2) is 4.98 Å². The second-order valence-electron chi connectivity index (χ2n) is 4.26. The molecule has 0 amide bonds. The molecule has 0 unspecified atom stereocenters. The summed E-state index contributed by atoms with van der Waals surface area (Å²) in [6.07, 6.45) is 4.27. The molecule has 1 aliphatic carbocycles. The highest BCUT2D eigenvalue weighted by atomic mass is 35.5. The lowest BCUT2D eigenvalue weighted by Gasteiger charge is -2.10. The quantitative estimate of drug-likeness (QED) is 0.620. The summed E-state index contributed by atoms with van der Waals surface area (Å²) in [6, 6.07) is 3.43. The number of aromatic nitrogens is 2. The van der Waals surface area contributed by atoms with E-state index in [1.807, 2.05) is 0 Å². The zero-order valence-corrected chi connectivity index (χ0v) is 10.3. The first kappa shape index (κ1) is 10.9. The van der Waals surface area contributed by atoms with Crippen molar-refractivity contribution < 1.29 is 4.79 Å². The Morgan fingerprint density at radius 1 is 1.29 bits per heavy atom. The zero-order valence-electron chi connectivity index (χ0n) is 8.78. The van der Waals surface area contributed by atoms with Crippen LogP contribution in [0.25, 0.3) is 11.0 Å². The van der Waals surface area contributed by atoms with Gasteiger partial charge in [0, 0.05) is 11.8 Å². The van der Waals surface area contributed by atoms with Crippen molar-refractivity contribution in [1.29, 1.82) is 0 Å². The van der Waals surface area contributed by atoms with E-state index in [0.29, 0.717) is 21.2 Å². The van der Waals surface area contributed by atoms with Crippen LogP contribution in [0.4, 0.5) is 0 Å². The number of fused-ring (bicyclic) bond motifs is 1. The smallest absolute Gasteiger partial charge is 0.130 e. The maximum atomic E-state index is 11.1. The van der Waals surface area contributed by atoms with Crippen LogP contribution in [0, 0.1) is 0 Å². The van der Waals surface area contributed by atoms with E-state index in [1.165, 1.54) is 0 Å². The normalized spacial score (nSPS) is 17.1. The number of hydrogen-bond acceptors (Lipinski definition) is 3. The number of carbonyl (C=O) groups is 1. The Balaban J connectivity index is 2.28. The highest BCUT2D eigenvalue weighted by Crippen LogP contribution is 2.49. The van der Waals surface area contributed by atoms with Gasteiger partial charge in [-0.15, -0.1) is 0 Å². The van der Waals surface area contributed by atoms with Gasteiger partial charge >= 0.3 is 0 Å². The summed E-state index contributed by atoms with van der Waals surface area (Å²) in [4.78, 5) is 19.6. The predicted molar refractivity (Wildman–Crippen MR) is 66.5 cm³/mol. The Morgan fingerprint density at radius 3 is 2.71 bits per heavy atom. The molecule has 0 spiro atoms. The first-order chi connectivity index (χ1) is 8.16. The van der Waals surface area contributed by atoms with Crippen LogP contribution in [-0.4, -0.2) is 16.3 Å². The topological polar surface area (TPSA) is 42.9 Å². The molecule has 0 aromatic carbocycles. The molecule has 3 rings (SSSR count). The van der Waals surface area contributed by atoms with Gasteiger partial charge in [0.25, 0.3) is 0 Å². The Kier molecular flexibility index (Phi) is 2.35. The fraction of sp³-hybridized carbons (Fsp3) is 0.250. The van der Waals surface area contributed by atoms with Crippen LogP contribution < -0.4 is 0 Å². The van der Waals surface area contributed by atoms with Crippen LogP contribution in [0.15, 0.2) is 18.3 Å². The molecule has 1 fully saturated rings. The SMILES string of the molecule is O=CC1(c2cnc3ccc(Cl)nc3c2Cl)CC1. The minimum absolute atomic E-state index is 0.370. The zero-order chi connectivity index (χ0) is 12.0. The van der Waals surface area contributed by atoms with Crippen LogP contribution in [0.2, 0.25) is 10.2 Å². The molecule has 0 saturated heterocycles. The molecule has 0 bridgehead atoms. The number of carbonyl (C=O) groups excluding carboxylic acids is 1. The fourth-order valence-electron chi connectivity index (χ4n) is 1.94. The standard InChI is InChI=1S/C12H8Cl2N2O/c13-9-2-1-8-11(16-9)10(14)7(5-15-8)12(6-17)3-4-12/h1-2,5-6H,3-4H2. The van der Waals surface area contributed by atoms with E-state index < -0.39 is 5.41 Å². The molecular formula is C12H8Cl2N2O. The minimum Gasteiger partial charge on any atom is -0.302 e. The van der Waals surface area contributed by atoms with Gasteiger partial charge in [-0.3, -0.25) is 4.98 Å². The first-order valence-electron chi connectivity index (χ1n) is 5.24. The number of pyridine rings is 2. The van der Waals surface area contributed by atoms with Crippen molar-refractivity contribution in [3.8, 4) is 0 Å². The average molecular weight is 267 g/mol. The van der Waals surface area contributed by atoms with Crippen molar-refractivity contribution >= 4 is 40.5 Å². The van der Waals surface area contributed by atoms with E-state index in [2.05, 4.69) is 9.97 Å². The Hall–Kier alpha value is -1.19. The number of halogens is 2. The third-order valence-corrected chi connectivity index (χ3v) is 3.76. The molecule has 5 heteroatoms. The largest absolute Gasteiger partial charge is 0.302 e. The van der Waals surface area contributed by atoms with Crippen molar-refractivity contribution in [3.05, 3.63) is 34.1 Å². The van der Waals surface area contributed by atoms with Gasteiger partial charge in [0.1, 0.15) is 17.0 Å². The van der Waals surface area contributed by atoms with Crippen molar-refractivity contribution in [2.45, 2.75) is 18.3 Å². The predicted octanol–water partition coefficient (Wildman–Crippen LogP) is 3.17. The highest BCUT2D eigenvalue weighted by molar-refractivity contribution is 6.36. The molecule has 2 aromatic heterocycles. The molecular weight excluding hydrogens is 259 g/mol. The van der Waals surface area contributed by atoms with Gasteiger partial charge in [0.15, 0.2) is 0 Å². The van der Waals surface area contributed by atoms with Crippen molar-refractivity contribution in [3.63, 3.8) is 0 Å². The molecule has 3 nitrogen and oxygen atoms in total. The summed E-state index contributed by atoms with van der Waals surface area (Å²) in [6.45, 7) is 0. The summed E-state index contributed by atoms with van der Waals surface area (Å²) in [5, 5.41) is 0.858. The second-order valence-corrected chi connectivity index (χ2v) is 5.03. The lowest BCUT2D eigenvalue weighted by molar-refractivity contribution is -0.109. The molecule has 0 radical (unpaired) electrons. The fourth-order valence-corrected chi connectivity index (χ4v) is 2.47. The molecule has 0 N–H and O–H groups in total. The molecule has 1 saturated carbocycles. The van der Waals surface area contributed by atoms with E-state index in [1.54, 1.807) is 18.3 Å². The van der Waals surface area contributed by atoms with Crippen LogP contribution in [-0.2, 0) is 10.2 Å². The lowest BCUT2D eigenvalue weighted by Crippen LogP contribution is -2.09. The maximum Gasteiger partial charge on any atom is 0.130 e. The van der Waals surface area contributed by atoms with Gasteiger partial charge in [-0.05, 0) is 25.0 Å². The number of rotatable bonds is 2. The maximum absolute atomic E-state index is 11.1. The molecule has 86 valence electrons. The summed E-state index contributed by atoms with van der Waals surface area (Å²) in [5.41, 5.74) is 1.56. The summed E-state index contributed by atoms with van der Waals surface area (Å²) >= 11 is 12.1. The van der Waals surface area contributed by atoms with Gasteiger partial charge in [0.05, 0.1) is 16.0 Å². The van der Waals surface area contributed by atoms with E-state index in [9.17, 15) is 4.79 Å². The molecule has 2 heterocycles. The minimum atomic E-state index is -0.442. The second kappa shape index (κ2) is 3.65. The number of hydrogen-bond donors (Lipinski definition) is 0. The highest BCUT2D eigenvalue weighted by Gasteiger charge is 2.46. The van der Waals surface area contributed by atoms with Gasteiger partial charge in [-0.1, -0.05) is 23.2 Å². The number of aldehydes is 1. The number of nitrogens with zero attached hydrogens (tertiary/aromatic N) is 2. The van der Waals surface area contributed by atoms with Crippen LogP contribution in [0.5, 0.6) is 0 Å². The van der Waals surface area contributed by atoms with Crippen molar-refractivity contribution in [2.75, 3.05) is 0 Å². The van der Waals surface area contributed by atoms with E-state index in [4.69, 9.17) is 23.2 Å². The first-order valence-corrected chi connectivity index (χ1v) is 5.99. The monoisotopic (exact) mass is 266 g/mol. The molecule has 0 aliphatic heterocycles. The molecule has 0 atom stereocenters. The van der Waals surface area contributed by atoms with Crippen LogP contribution in [0.1, 0.15) is 18.4 Å². The van der Waals surface area contributed by atoms with E-state index in [0.717, 1.165) is 24.7 Å². The van der Waals surface area contributed by atoms with Crippen molar-refractivity contribution in [1.82, 2.24) is 9.97 Å². The third-order valence-electron chi connectivity index (χ3n) is 3.17. The average Bonchev–Trinajstić information content (AvgIpc) is 3.11. The van der Waals surface area contributed by atoms with Gasteiger partial charge in [-0.2, -0.15) is 0 Å². The summed E-state index contributed by atoms with van der Waals surface area (Å²) in [5.74, 6) is 0. The lowest BCUT2D eigenvalue weighted by atomic mass is 9.99. The van der Waals surface area contributed by atoms with Crippen LogP contribution >= 0.6 is 23.2 Å². The van der Waals surface area contributed by atoms with Gasteiger partial charge in [0.2, 0.25) is 0 Å². The molecule has 1 aliphatic rings.